The van der Waals surface area contributed by atoms with E-state index in [0.29, 0.717) is 5.75 Å². The second-order valence-electron chi connectivity index (χ2n) is 10.8. The Kier molecular flexibility index (Phi) is 4.39. The summed E-state index contributed by atoms with van der Waals surface area (Å²) in [5.41, 5.74) is 4.54. The SMILES string of the molecule is CC(C)(C)c1cc(-c2nc3c4ccccc4c4ccccc4c3[nH]2)cc(C(C)(C)C)c1O. The summed E-state index contributed by atoms with van der Waals surface area (Å²) < 4.78 is 0. The number of rotatable bonds is 1. The van der Waals surface area contributed by atoms with E-state index < -0.39 is 0 Å². The molecule has 0 spiro atoms. The summed E-state index contributed by atoms with van der Waals surface area (Å²) in [5, 5.41) is 15.9. The van der Waals surface area contributed by atoms with Crippen molar-refractivity contribution in [3.63, 3.8) is 0 Å². The lowest BCUT2D eigenvalue weighted by Gasteiger charge is -2.28. The van der Waals surface area contributed by atoms with Crippen molar-refractivity contribution in [2.45, 2.75) is 52.4 Å². The van der Waals surface area contributed by atoms with Crippen LogP contribution in [0.15, 0.2) is 60.7 Å². The van der Waals surface area contributed by atoms with E-state index in [4.69, 9.17) is 4.98 Å². The van der Waals surface area contributed by atoms with Crippen molar-refractivity contribution in [3.05, 3.63) is 71.8 Å². The van der Waals surface area contributed by atoms with Crippen molar-refractivity contribution in [3.8, 4) is 17.1 Å². The largest absolute Gasteiger partial charge is 0.507 e. The average Bonchev–Trinajstić information content (AvgIpc) is 3.18. The molecule has 5 rings (SSSR count). The monoisotopic (exact) mass is 422 g/mol. The van der Waals surface area contributed by atoms with Gasteiger partial charge in [0.15, 0.2) is 0 Å². The molecule has 0 saturated carbocycles. The highest BCUT2D eigenvalue weighted by molar-refractivity contribution is 6.23. The van der Waals surface area contributed by atoms with Crippen LogP contribution < -0.4 is 0 Å². The number of nitrogens with zero attached hydrogens (tertiary/aromatic N) is 1. The first kappa shape index (κ1) is 20.6. The average molecular weight is 423 g/mol. The Morgan fingerprint density at radius 1 is 0.688 bits per heavy atom. The summed E-state index contributed by atoms with van der Waals surface area (Å²) >= 11 is 0. The molecule has 0 aliphatic heterocycles. The van der Waals surface area contributed by atoms with Gasteiger partial charge in [-0.1, -0.05) is 90.1 Å². The molecular formula is C29H30N2O. The Bertz CT molecular complexity index is 1390. The standard InChI is InChI=1S/C29H30N2O/c1-28(2,3)22-15-17(16-23(26(22)32)29(4,5)6)27-30-24-20-13-9-7-11-18(20)19-12-8-10-14-21(19)25(24)31-27/h7-16,32H,1-6H3,(H,30,31). The molecule has 32 heavy (non-hydrogen) atoms. The van der Waals surface area contributed by atoms with Gasteiger partial charge in [-0.3, -0.25) is 0 Å². The van der Waals surface area contributed by atoms with Crippen molar-refractivity contribution < 1.29 is 5.11 Å². The van der Waals surface area contributed by atoms with Gasteiger partial charge < -0.3 is 10.1 Å². The minimum atomic E-state index is -0.189. The molecule has 4 aromatic carbocycles. The Morgan fingerprint density at radius 3 is 1.69 bits per heavy atom. The lowest BCUT2D eigenvalue weighted by Crippen LogP contribution is -2.17. The predicted molar refractivity (Wildman–Crippen MR) is 136 cm³/mol. The van der Waals surface area contributed by atoms with Crippen molar-refractivity contribution in [1.29, 1.82) is 0 Å². The number of aromatic amines is 1. The van der Waals surface area contributed by atoms with Crippen LogP contribution in [-0.2, 0) is 10.8 Å². The van der Waals surface area contributed by atoms with Gasteiger partial charge in [-0.05, 0) is 33.7 Å². The number of fused-ring (bicyclic) bond motifs is 6. The molecule has 0 aliphatic carbocycles. The summed E-state index contributed by atoms with van der Waals surface area (Å²) in [7, 11) is 0. The zero-order valence-corrected chi connectivity index (χ0v) is 19.7. The van der Waals surface area contributed by atoms with Crippen LogP contribution in [0.3, 0.4) is 0 Å². The van der Waals surface area contributed by atoms with E-state index >= 15 is 0 Å². The Balaban J connectivity index is 1.87. The predicted octanol–water partition coefficient (Wildman–Crippen LogP) is 7.84. The second kappa shape index (κ2) is 6.83. The molecule has 0 saturated heterocycles. The molecule has 2 N–H and O–H groups in total. The van der Waals surface area contributed by atoms with E-state index in [9.17, 15) is 5.11 Å². The lowest BCUT2D eigenvalue weighted by atomic mass is 9.78. The highest BCUT2D eigenvalue weighted by Crippen LogP contribution is 2.42. The van der Waals surface area contributed by atoms with E-state index in [1.165, 1.54) is 16.2 Å². The summed E-state index contributed by atoms with van der Waals surface area (Å²) in [6.07, 6.45) is 0. The number of aromatic hydroxyl groups is 1. The van der Waals surface area contributed by atoms with Crippen LogP contribution in [0.4, 0.5) is 0 Å². The van der Waals surface area contributed by atoms with Crippen LogP contribution in [-0.4, -0.2) is 15.1 Å². The highest BCUT2D eigenvalue weighted by atomic mass is 16.3. The van der Waals surface area contributed by atoms with Gasteiger partial charge in [0, 0.05) is 27.5 Å². The molecule has 1 heterocycles. The van der Waals surface area contributed by atoms with Crippen LogP contribution in [0.2, 0.25) is 0 Å². The third kappa shape index (κ3) is 3.15. The molecule has 3 heteroatoms. The molecule has 5 aromatic rings. The maximum Gasteiger partial charge on any atom is 0.138 e. The molecule has 0 unspecified atom stereocenters. The smallest absolute Gasteiger partial charge is 0.138 e. The highest BCUT2D eigenvalue weighted by Gasteiger charge is 2.27. The fourth-order valence-corrected chi connectivity index (χ4v) is 4.67. The Hall–Kier alpha value is -3.33. The second-order valence-corrected chi connectivity index (χ2v) is 10.8. The zero-order valence-electron chi connectivity index (χ0n) is 19.7. The fraction of sp³-hybridized carbons (Fsp3) is 0.276. The normalized spacial score (nSPS) is 12.8. The van der Waals surface area contributed by atoms with Crippen LogP contribution in [0.1, 0.15) is 52.7 Å². The quantitative estimate of drug-likeness (QED) is 0.270. The third-order valence-electron chi connectivity index (χ3n) is 6.37. The molecule has 0 aliphatic rings. The van der Waals surface area contributed by atoms with Crippen molar-refractivity contribution >= 4 is 32.6 Å². The number of aromatic nitrogens is 2. The van der Waals surface area contributed by atoms with Crippen molar-refractivity contribution in [2.24, 2.45) is 0 Å². The summed E-state index contributed by atoms with van der Waals surface area (Å²) in [4.78, 5) is 8.73. The van der Waals surface area contributed by atoms with Gasteiger partial charge >= 0.3 is 0 Å². The first-order valence-electron chi connectivity index (χ1n) is 11.2. The van der Waals surface area contributed by atoms with E-state index in [1.807, 2.05) is 0 Å². The minimum Gasteiger partial charge on any atom is -0.507 e. The molecule has 162 valence electrons. The van der Waals surface area contributed by atoms with Gasteiger partial charge in [0.05, 0.1) is 11.0 Å². The van der Waals surface area contributed by atoms with Crippen LogP contribution >= 0.6 is 0 Å². The number of H-pyrrole nitrogens is 1. The zero-order chi connectivity index (χ0) is 22.8. The summed E-state index contributed by atoms with van der Waals surface area (Å²) in [6.45, 7) is 12.8. The van der Waals surface area contributed by atoms with E-state index in [0.717, 1.165) is 38.9 Å². The van der Waals surface area contributed by atoms with Crippen molar-refractivity contribution in [2.75, 3.05) is 0 Å². The van der Waals surface area contributed by atoms with E-state index in [1.54, 1.807) is 0 Å². The number of imidazole rings is 1. The number of benzene rings is 4. The van der Waals surface area contributed by atoms with Gasteiger partial charge in [-0.2, -0.15) is 0 Å². The first-order chi connectivity index (χ1) is 15.1. The molecule has 3 nitrogen and oxygen atoms in total. The molecule has 0 bridgehead atoms. The van der Waals surface area contributed by atoms with Crippen LogP contribution in [0, 0.1) is 0 Å². The fourth-order valence-electron chi connectivity index (χ4n) is 4.67. The van der Waals surface area contributed by atoms with Crippen molar-refractivity contribution in [1.82, 2.24) is 9.97 Å². The molecular weight excluding hydrogens is 392 g/mol. The molecule has 1 aromatic heterocycles. The van der Waals surface area contributed by atoms with Crippen LogP contribution in [0.25, 0.3) is 44.0 Å². The molecule has 0 amide bonds. The number of nitrogens with one attached hydrogen (secondary N) is 1. The van der Waals surface area contributed by atoms with E-state index in [-0.39, 0.29) is 10.8 Å². The third-order valence-corrected chi connectivity index (χ3v) is 6.37. The minimum absolute atomic E-state index is 0.189. The molecule has 0 fully saturated rings. The lowest BCUT2D eigenvalue weighted by molar-refractivity contribution is 0.423. The summed E-state index contributed by atoms with van der Waals surface area (Å²) in [6, 6.07) is 21.1. The maximum absolute atomic E-state index is 11.1. The number of hydrogen-bond donors (Lipinski definition) is 2. The maximum atomic E-state index is 11.1. The number of phenols is 1. The summed E-state index contributed by atoms with van der Waals surface area (Å²) in [5.74, 6) is 1.22. The topological polar surface area (TPSA) is 48.9 Å². The first-order valence-corrected chi connectivity index (χ1v) is 11.2. The Labute approximate surface area is 189 Å². The number of hydrogen-bond acceptors (Lipinski definition) is 2. The van der Waals surface area contributed by atoms with Gasteiger partial charge in [0.1, 0.15) is 11.6 Å². The van der Waals surface area contributed by atoms with Crippen LogP contribution in [0.5, 0.6) is 5.75 Å². The molecule has 0 atom stereocenters. The van der Waals surface area contributed by atoms with E-state index in [2.05, 4.69) is 107 Å². The van der Waals surface area contributed by atoms with Gasteiger partial charge in [0.2, 0.25) is 0 Å². The Morgan fingerprint density at radius 2 is 1.16 bits per heavy atom. The van der Waals surface area contributed by atoms with Gasteiger partial charge in [0.25, 0.3) is 0 Å². The van der Waals surface area contributed by atoms with Gasteiger partial charge in [-0.15, -0.1) is 0 Å². The van der Waals surface area contributed by atoms with Gasteiger partial charge in [-0.25, -0.2) is 4.98 Å². The molecule has 0 radical (unpaired) electrons. The number of phenolic OH excluding ortho intramolecular Hbond substituents is 1.